The summed E-state index contributed by atoms with van der Waals surface area (Å²) in [4.78, 5) is 0. The van der Waals surface area contributed by atoms with Gasteiger partial charge in [-0.1, -0.05) is 31.5 Å². The van der Waals surface area contributed by atoms with Crippen molar-refractivity contribution in [3.8, 4) is 11.9 Å². The number of aromatic amines is 1. The number of aryl methyl sites for hydroxylation is 2. The highest BCUT2D eigenvalue weighted by molar-refractivity contribution is 6.30. The standard InChI is InChI=1S/C18H19ClN4O/c1-9(2)18(12-5-10(3)6-13(19)7-12)14(8-20)16(21)24-17-15(18)11(4)22-23-17/h5-7,9H,21H2,1-4H3,(H,22,23). The van der Waals surface area contributed by atoms with E-state index in [9.17, 15) is 5.26 Å². The van der Waals surface area contributed by atoms with Crippen molar-refractivity contribution in [3.63, 3.8) is 0 Å². The molecule has 0 bridgehead atoms. The Morgan fingerprint density at radius 3 is 2.62 bits per heavy atom. The highest BCUT2D eigenvalue weighted by Crippen LogP contribution is 2.52. The van der Waals surface area contributed by atoms with E-state index < -0.39 is 5.41 Å². The van der Waals surface area contributed by atoms with Gasteiger partial charge in [0.15, 0.2) is 0 Å². The quantitative estimate of drug-likeness (QED) is 0.870. The molecule has 3 rings (SSSR count). The number of nitrogens with one attached hydrogen (secondary N) is 1. The highest BCUT2D eigenvalue weighted by Gasteiger charge is 2.50. The SMILES string of the molecule is Cc1cc(Cl)cc(C2(C(C)C)C(C#N)=C(N)Oc3[nH]nc(C)c32)c1. The predicted octanol–water partition coefficient (Wildman–Crippen LogP) is 3.71. The second kappa shape index (κ2) is 5.57. The average Bonchev–Trinajstić information content (AvgIpc) is 2.85. The van der Waals surface area contributed by atoms with Crippen LogP contribution in [0.2, 0.25) is 5.02 Å². The maximum atomic E-state index is 9.87. The number of halogens is 1. The van der Waals surface area contributed by atoms with Crippen LogP contribution in [0, 0.1) is 31.1 Å². The van der Waals surface area contributed by atoms with Gasteiger partial charge in [0.25, 0.3) is 0 Å². The first kappa shape index (κ1) is 16.4. The van der Waals surface area contributed by atoms with Gasteiger partial charge < -0.3 is 10.5 Å². The molecule has 0 saturated carbocycles. The number of hydrogen-bond donors (Lipinski definition) is 2. The molecule has 1 aliphatic rings. The van der Waals surface area contributed by atoms with Crippen LogP contribution in [0.1, 0.15) is 36.2 Å². The van der Waals surface area contributed by atoms with Crippen LogP contribution in [-0.2, 0) is 5.41 Å². The molecule has 0 spiro atoms. The molecule has 0 fully saturated rings. The Morgan fingerprint density at radius 2 is 2.04 bits per heavy atom. The number of benzene rings is 1. The van der Waals surface area contributed by atoms with Gasteiger partial charge in [-0.25, -0.2) is 5.10 Å². The molecule has 2 aromatic rings. The molecule has 2 heterocycles. The zero-order chi connectivity index (χ0) is 17.6. The van der Waals surface area contributed by atoms with Gasteiger partial charge in [-0.15, -0.1) is 0 Å². The number of hydrogen-bond acceptors (Lipinski definition) is 4. The molecule has 1 atom stereocenters. The van der Waals surface area contributed by atoms with Crippen molar-refractivity contribution in [2.45, 2.75) is 33.1 Å². The normalized spacial score (nSPS) is 19.9. The Labute approximate surface area is 146 Å². The summed E-state index contributed by atoms with van der Waals surface area (Å²) in [5.41, 5.74) is 9.26. The molecule has 0 aliphatic carbocycles. The van der Waals surface area contributed by atoms with E-state index in [4.69, 9.17) is 22.1 Å². The van der Waals surface area contributed by atoms with E-state index in [1.54, 1.807) is 0 Å². The molecule has 0 radical (unpaired) electrons. The van der Waals surface area contributed by atoms with Gasteiger partial charge in [-0.05, 0) is 43.0 Å². The molecular weight excluding hydrogens is 324 g/mol. The van der Waals surface area contributed by atoms with E-state index in [2.05, 4.69) is 30.1 Å². The van der Waals surface area contributed by atoms with Gasteiger partial charge in [-0.3, -0.25) is 0 Å². The molecule has 124 valence electrons. The van der Waals surface area contributed by atoms with Crippen LogP contribution < -0.4 is 10.5 Å². The molecule has 1 aromatic carbocycles. The van der Waals surface area contributed by atoms with Crippen LogP contribution >= 0.6 is 11.6 Å². The van der Waals surface area contributed by atoms with Crippen molar-refractivity contribution in [2.24, 2.45) is 11.7 Å². The number of H-pyrrole nitrogens is 1. The molecular formula is C18H19ClN4O. The Morgan fingerprint density at radius 1 is 1.33 bits per heavy atom. The highest BCUT2D eigenvalue weighted by atomic mass is 35.5. The molecule has 6 heteroatoms. The molecule has 0 amide bonds. The zero-order valence-electron chi connectivity index (χ0n) is 14.1. The number of aromatic nitrogens is 2. The second-order valence-corrected chi connectivity index (χ2v) is 6.88. The summed E-state index contributed by atoms with van der Waals surface area (Å²) in [5.74, 6) is 0.609. The van der Waals surface area contributed by atoms with Crippen LogP contribution in [0.5, 0.6) is 5.88 Å². The van der Waals surface area contributed by atoms with E-state index >= 15 is 0 Å². The van der Waals surface area contributed by atoms with Gasteiger partial charge >= 0.3 is 0 Å². The van der Waals surface area contributed by atoms with E-state index in [0.717, 1.165) is 22.4 Å². The summed E-state index contributed by atoms with van der Waals surface area (Å²) < 4.78 is 5.63. The Balaban J connectivity index is 2.48. The van der Waals surface area contributed by atoms with Crippen molar-refractivity contribution in [2.75, 3.05) is 0 Å². The first-order valence-corrected chi connectivity index (χ1v) is 8.11. The van der Waals surface area contributed by atoms with Crippen molar-refractivity contribution in [3.05, 3.63) is 57.1 Å². The van der Waals surface area contributed by atoms with E-state index in [1.165, 1.54) is 0 Å². The van der Waals surface area contributed by atoms with E-state index in [0.29, 0.717) is 16.5 Å². The van der Waals surface area contributed by atoms with Crippen LogP contribution in [0.15, 0.2) is 29.7 Å². The maximum Gasteiger partial charge on any atom is 0.222 e. The van der Waals surface area contributed by atoms with Crippen LogP contribution in [0.25, 0.3) is 0 Å². The van der Waals surface area contributed by atoms with Gasteiger partial charge in [0.1, 0.15) is 11.6 Å². The van der Waals surface area contributed by atoms with Gasteiger partial charge in [0.05, 0.1) is 16.7 Å². The van der Waals surface area contributed by atoms with Crippen molar-refractivity contribution < 1.29 is 4.74 Å². The number of nitrogens with zero attached hydrogens (tertiary/aromatic N) is 2. The molecule has 0 saturated heterocycles. The summed E-state index contributed by atoms with van der Waals surface area (Å²) in [7, 11) is 0. The average molecular weight is 343 g/mol. The first-order chi connectivity index (χ1) is 11.3. The summed E-state index contributed by atoms with van der Waals surface area (Å²) in [6, 6.07) is 8.09. The number of rotatable bonds is 2. The lowest BCUT2D eigenvalue weighted by atomic mass is 9.61. The fourth-order valence-electron chi connectivity index (χ4n) is 3.74. The maximum absolute atomic E-state index is 9.87. The smallest absolute Gasteiger partial charge is 0.222 e. The molecule has 24 heavy (non-hydrogen) atoms. The van der Waals surface area contributed by atoms with Crippen molar-refractivity contribution >= 4 is 11.6 Å². The largest absolute Gasteiger partial charge is 0.422 e. The minimum atomic E-state index is -0.765. The number of fused-ring (bicyclic) bond motifs is 1. The lowest BCUT2D eigenvalue weighted by Crippen LogP contribution is -2.41. The van der Waals surface area contributed by atoms with Crippen LogP contribution in [0.4, 0.5) is 0 Å². The van der Waals surface area contributed by atoms with Crippen LogP contribution in [0.3, 0.4) is 0 Å². The second-order valence-electron chi connectivity index (χ2n) is 6.45. The molecule has 3 N–H and O–H groups in total. The summed E-state index contributed by atoms with van der Waals surface area (Å²) in [6.07, 6.45) is 0. The van der Waals surface area contributed by atoms with E-state index in [1.807, 2.05) is 32.0 Å². The summed E-state index contributed by atoms with van der Waals surface area (Å²) in [6.45, 7) is 7.99. The summed E-state index contributed by atoms with van der Waals surface area (Å²) >= 11 is 6.32. The Bertz CT molecular complexity index is 871. The van der Waals surface area contributed by atoms with Gasteiger partial charge in [0, 0.05) is 5.02 Å². The lowest BCUT2D eigenvalue weighted by Gasteiger charge is -2.41. The number of ether oxygens (including phenoxy) is 1. The zero-order valence-corrected chi connectivity index (χ0v) is 14.8. The fraction of sp³-hybridized carbons (Fsp3) is 0.333. The third kappa shape index (κ3) is 2.10. The number of nitrogens with two attached hydrogens (primary N) is 1. The van der Waals surface area contributed by atoms with Gasteiger partial charge in [0.2, 0.25) is 11.8 Å². The molecule has 5 nitrogen and oxygen atoms in total. The monoisotopic (exact) mass is 342 g/mol. The molecule has 1 unspecified atom stereocenters. The lowest BCUT2D eigenvalue weighted by molar-refractivity contribution is 0.323. The Kier molecular flexibility index (Phi) is 3.81. The minimum Gasteiger partial charge on any atom is -0.422 e. The van der Waals surface area contributed by atoms with E-state index in [-0.39, 0.29) is 11.8 Å². The number of nitriles is 1. The van der Waals surface area contributed by atoms with Crippen molar-refractivity contribution in [1.82, 2.24) is 10.2 Å². The molecule has 1 aromatic heterocycles. The third-order valence-corrected chi connectivity index (χ3v) is 4.85. The Hall–Kier alpha value is -2.45. The molecule has 1 aliphatic heterocycles. The fourth-order valence-corrected chi connectivity index (χ4v) is 4.03. The predicted molar refractivity (Wildman–Crippen MR) is 92.6 cm³/mol. The van der Waals surface area contributed by atoms with Crippen LogP contribution in [-0.4, -0.2) is 10.2 Å². The van der Waals surface area contributed by atoms with Crippen molar-refractivity contribution in [1.29, 1.82) is 5.26 Å². The third-order valence-electron chi connectivity index (χ3n) is 4.64. The summed E-state index contributed by atoms with van der Waals surface area (Å²) in [5, 5.41) is 17.6. The number of allylic oxidation sites excluding steroid dienone is 1. The topological polar surface area (TPSA) is 87.7 Å². The van der Waals surface area contributed by atoms with Gasteiger partial charge in [-0.2, -0.15) is 10.4 Å². The minimum absolute atomic E-state index is 0.0301. The first-order valence-electron chi connectivity index (χ1n) is 7.73.